The summed E-state index contributed by atoms with van der Waals surface area (Å²) in [6.07, 6.45) is 11.6. The van der Waals surface area contributed by atoms with Gasteiger partial charge in [-0.15, -0.1) is 0 Å². The summed E-state index contributed by atoms with van der Waals surface area (Å²) in [5.41, 5.74) is 0.569. The Morgan fingerprint density at radius 3 is 2.32 bits per heavy atom. The maximum atomic E-state index is 3.90. The monoisotopic (exact) mass is 265 g/mol. The van der Waals surface area contributed by atoms with Gasteiger partial charge in [-0.1, -0.05) is 53.4 Å². The van der Waals surface area contributed by atoms with Gasteiger partial charge in [-0.25, -0.2) is 0 Å². The lowest BCUT2D eigenvalue weighted by Gasteiger charge is -2.48. The van der Waals surface area contributed by atoms with Crippen molar-refractivity contribution in [3.05, 3.63) is 0 Å². The molecule has 0 spiro atoms. The molecule has 2 aliphatic rings. The van der Waals surface area contributed by atoms with Gasteiger partial charge < -0.3 is 5.32 Å². The minimum Gasteiger partial charge on any atom is -0.313 e. The van der Waals surface area contributed by atoms with Gasteiger partial charge in [0.1, 0.15) is 0 Å². The molecule has 0 aromatic carbocycles. The van der Waals surface area contributed by atoms with Gasteiger partial charge in [0.05, 0.1) is 0 Å². The molecule has 2 rings (SSSR count). The largest absolute Gasteiger partial charge is 0.313 e. The van der Waals surface area contributed by atoms with Gasteiger partial charge in [0.2, 0.25) is 0 Å². The zero-order valence-corrected chi connectivity index (χ0v) is 13.7. The van der Waals surface area contributed by atoms with E-state index in [1.54, 1.807) is 0 Å². The molecular weight excluding hydrogens is 230 g/mol. The first-order chi connectivity index (χ1) is 9.07. The van der Waals surface area contributed by atoms with E-state index in [4.69, 9.17) is 0 Å². The fourth-order valence-electron chi connectivity index (χ4n) is 4.76. The third kappa shape index (κ3) is 3.54. The van der Waals surface area contributed by atoms with Crippen LogP contribution >= 0.6 is 0 Å². The SMILES string of the molecule is CCNC(C1CCC(C)C(C)C1)C1(C)CCCCC1. The average molecular weight is 265 g/mol. The molecule has 0 aliphatic heterocycles. The van der Waals surface area contributed by atoms with Crippen molar-refractivity contribution < 1.29 is 0 Å². The zero-order valence-electron chi connectivity index (χ0n) is 13.7. The van der Waals surface area contributed by atoms with Crippen molar-refractivity contribution in [2.24, 2.45) is 23.2 Å². The highest BCUT2D eigenvalue weighted by molar-refractivity contribution is 4.95. The third-order valence-corrected chi connectivity index (χ3v) is 6.28. The van der Waals surface area contributed by atoms with Crippen LogP contribution in [0.1, 0.15) is 79.1 Å². The van der Waals surface area contributed by atoms with Gasteiger partial charge in [0, 0.05) is 6.04 Å². The molecule has 19 heavy (non-hydrogen) atoms. The van der Waals surface area contributed by atoms with E-state index in [9.17, 15) is 0 Å². The first-order valence-electron chi connectivity index (χ1n) is 8.80. The number of rotatable bonds is 4. The maximum absolute atomic E-state index is 3.90. The topological polar surface area (TPSA) is 12.0 Å². The van der Waals surface area contributed by atoms with Crippen LogP contribution in [0.5, 0.6) is 0 Å². The molecule has 0 amide bonds. The molecule has 0 heterocycles. The van der Waals surface area contributed by atoms with Crippen LogP contribution in [0.3, 0.4) is 0 Å². The van der Waals surface area contributed by atoms with E-state index in [0.29, 0.717) is 5.41 Å². The van der Waals surface area contributed by atoms with E-state index in [0.717, 1.165) is 30.3 Å². The molecule has 4 unspecified atom stereocenters. The number of nitrogens with one attached hydrogen (secondary N) is 1. The summed E-state index contributed by atoms with van der Waals surface area (Å²) >= 11 is 0. The van der Waals surface area contributed by atoms with Crippen molar-refractivity contribution in [2.45, 2.75) is 85.1 Å². The van der Waals surface area contributed by atoms with Crippen LogP contribution in [0, 0.1) is 23.2 Å². The standard InChI is InChI=1S/C18H35N/c1-5-19-17(18(4)11-7-6-8-12-18)16-10-9-14(2)15(3)13-16/h14-17,19H,5-13H2,1-4H3. The first-order valence-corrected chi connectivity index (χ1v) is 8.80. The summed E-state index contributed by atoms with van der Waals surface area (Å²) in [6, 6.07) is 0.771. The summed E-state index contributed by atoms with van der Waals surface area (Å²) in [5.74, 6) is 2.79. The minimum absolute atomic E-state index is 0.569. The summed E-state index contributed by atoms with van der Waals surface area (Å²) in [6.45, 7) is 10.9. The van der Waals surface area contributed by atoms with Crippen molar-refractivity contribution in [1.82, 2.24) is 5.32 Å². The van der Waals surface area contributed by atoms with Crippen LogP contribution in [-0.2, 0) is 0 Å². The van der Waals surface area contributed by atoms with Gasteiger partial charge >= 0.3 is 0 Å². The van der Waals surface area contributed by atoms with Crippen LogP contribution in [0.4, 0.5) is 0 Å². The molecule has 2 fully saturated rings. The fourth-order valence-corrected chi connectivity index (χ4v) is 4.76. The highest BCUT2D eigenvalue weighted by atomic mass is 14.9. The Labute approximate surface area is 120 Å². The van der Waals surface area contributed by atoms with Crippen molar-refractivity contribution in [3.8, 4) is 0 Å². The molecular formula is C18H35N. The van der Waals surface area contributed by atoms with Gasteiger partial charge in [0.25, 0.3) is 0 Å². The van der Waals surface area contributed by atoms with Crippen molar-refractivity contribution in [1.29, 1.82) is 0 Å². The van der Waals surface area contributed by atoms with E-state index < -0.39 is 0 Å². The first kappa shape index (κ1) is 15.4. The molecule has 0 aromatic heterocycles. The van der Waals surface area contributed by atoms with Crippen molar-refractivity contribution >= 4 is 0 Å². The minimum atomic E-state index is 0.569. The summed E-state index contributed by atoms with van der Waals surface area (Å²) < 4.78 is 0. The van der Waals surface area contributed by atoms with Gasteiger partial charge in [-0.3, -0.25) is 0 Å². The van der Waals surface area contributed by atoms with Crippen molar-refractivity contribution in [3.63, 3.8) is 0 Å². The van der Waals surface area contributed by atoms with Gasteiger partial charge in [-0.2, -0.15) is 0 Å². The number of hydrogen-bond donors (Lipinski definition) is 1. The normalized spacial score (nSPS) is 36.9. The number of hydrogen-bond acceptors (Lipinski definition) is 1. The van der Waals surface area contributed by atoms with E-state index in [-0.39, 0.29) is 0 Å². The molecule has 1 heteroatoms. The Hall–Kier alpha value is -0.0400. The molecule has 0 aromatic rings. The Bertz CT molecular complexity index is 267. The molecule has 0 radical (unpaired) electrons. The average Bonchev–Trinajstić information content (AvgIpc) is 2.40. The Balaban J connectivity index is 2.06. The quantitative estimate of drug-likeness (QED) is 0.753. The molecule has 0 bridgehead atoms. The van der Waals surface area contributed by atoms with Crippen molar-refractivity contribution in [2.75, 3.05) is 6.54 Å². The highest BCUT2D eigenvalue weighted by Crippen LogP contribution is 2.46. The lowest BCUT2D eigenvalue weighted by atomic mass is 9.62. The van der Waals surface area contributed by atoms with Crippen LogP contribution in [0.25, 0.3) is 0 Å². The van der Waals surface area contributed by atoms with Crippen LogP contribution in [-0.4, -0.2) is 12.6 Å². The summed E-state index contributed by atoms with van der Waals surface area (Å²) in [7, 11) is 0. The van der Waals surface area contributed by atoms with E-state index in [1.165, 1.54) is 51.4 Å². The molecule has 112 valence electrons. The van der Waals surface area contributed by atoms with Crippen LogP contribution < -0.4 is 5.32 Å². The predicted octanol–water partition coefficient (Wildman–Crippen LogP) is 5.01. The van der Waals surface area contributed by atoms with E-state index >= 15 is 0 Å². The lowest BCUT2D eigenvalue weighted by Crippen LogP contribution is -2.51. The third-order valence-electron chi connectivity index (χ3n) is 6.28. The van der Waals surface area contributed by atoms with E-state index in [2.05, 4.69) is 33.0 Å². The molecule has 2 saturated carbocycles. The molecule has 1 N–H and O–H groups in total. The second-order valence-electron chi connectivity index (χ2n) is 7.78. The van der Waals surface area contributed by atoms with Crippen LogP contribution in [0.15, 0.2) is 0 Å². The smallest absolute Gasteiger partial charge is 0.0149 e. The zero-order chi connectivity index (χ0) is 13.9. The molecule has 2 aliphatic carbocycles. The van der Waals surface area contributed by atoms with Gasteiger partial charge in [-0.05, 0) is 55.4 Å². The summed E-state index contributed by atoms with van der Waals surface area (Å²) in [5, 5.41) is 3.90. The van der Waals surface area contributed by atoms with Crippen LogP contribution in [0.2, 0.25) is 0 Å². The Morgan fingerprint density at radius 1 is 1.05 bits per heavy atom. The second-order valence-corrected chi connectivity index (χ2v) is 7.78. The summed E-state index contributed by atoms with van der Waals surface area (Å²) in [4.78, 5) is 0. The predicted molar refractivity (Wildman–Crippen MR) is 84.3 cm³/mol. The fraction of sp³-hybridized carbons (Fsp3) is 1.00. The Morgan fingerprint density at radius 2 is 1.74 bits per heavy atom. The molecule has 1 nitrogen and oxygen atoms in total. The lowest BCUT2D eigenvalue weighted by molar-refractivity contribution is 0.0641. The van der Waals surface area contributed by atoms with Gasteiger partial charge in [0.15, 0.2) is 0 Å². The Kier molecular flexibility index (Phi) is 5.34. The molecule has 4 atom stereocenters. The second kappa shape index (κ2) is 6.61. The maximum Gasteiger partial charge on any atom is 0.0149 e. The highest BCUT2D eigenvalue weighted by Gasteiger charge is 2.41. The molecule has 0 saturated heterocycles. The van der Waals surface area contributed by atoms with E-state index in [1.807, 2.05) is 0 Å².